The third kappa shape index (κ3) is 3.00. The predicted molar refractivity (Wildman–Crippen MR) is 72.7 cm³/mol. The van der Waals surface area contributed by atoms with E-state index in [9.17, 15) is 19.7 Å². The van der Waals surface area contributed by atoms with Crippen LogP contribution in [0.2, 0.25) is 0 Å². The van der Waals surface area contributed by atoms with Crippen LogP contribution in [0.4, 0.5) is 10.8 Å². The molecule has 0 atom stereocenters. The summed E-state index contributed by atoms with van der Waals surface area (Å²) in [6, 6.07) is 3.38. The summed E-state index contributed by atoms with van der Waals surface area (Å²) in [5.41, 5.74) is -1.57. The fourth-order valence-electron chi connectivity index (χ4n) is 1.62. The van der Waals surface area contributed by atoms with Crippen LogP contribution in [0.25, 0.3) is 0 Å². The highest BCUT2D eigenvalue weighted by molar-refractivity contribution is 7.15. The molecule has 0 aliphatic heterocycles. The smallest absolute Gasteiger partial charge is 0.336 e. The van der Waals surface area contributed by atoms with Gasteiger partial charge in [-0.3, -0.25) is 20.2 Å². The number of aromatic carboxylic acids is 1. The van der Waals surface area contributed by atoms with Crippen molar-refractivity contribution in [2.75, 3.05) is 5.32 Å². The summed E-state index contributed by atoms with van der Waals surface area (Å²) in [7, 11) is 0. The van der Waals surface area contributed by atoms with Gasteiger partial charge in [0.1, 0.15) is 10.6 Å². The highest BCUT2D eigenvalue weighted by Gasteiger charge is 2.27. The maximum absolute atomic E-state index is 12.1. The Kier molecular flexibility index (Phi) is 3.89. The van der Waals surface area contributed by atoms with Crippen molar-refractivity contribution in [1.29, 1.82) is 0 Å². The Bertz CT molecular complexity index is 710. The first-order valence-corrected chi connectivity index (χ1v) is 6.34. The fourth-order valence-corrected chi connectivity index (χ4v) is 2.20. The van der Waals surface area contributed by atoms with Gasteiger partial charge in [-0.15, -0.1) is 10.2 Å². The molecule has 0 spiro atoms. The lowest BCUT2D eigenvalue weighted by atomic mass is 10.0. The van der Waals surface area contributed by atoms with Crippen molar-refractivity contribution in [3.05, 3.63) is 44.4 Å². The lowest BCUT2D eigenvalue weighted by molar-refractivity contribution is -0.385. The molecule has 2 rings (SSSR count). The van der Waals surface area contributed by atoms with E-state index in [1.165, 1.54) is 6.07 Å². The number of nitrogens with one attached hydrogen (secondary N) is 1. The standard InChI is InChI=1S/C11H8N4O5S/c1-5-13-14-11(21-5)12-9(16)8-6(10(17)18)3-2-4-7(8)15(19)20/h2-4H,1H3,(H,17,18)(H,12,14,16). The number of nitrogens with zero attached hydrogens (tertiary/aromatic N) is 3. The van der Waals surface area contributed by atoms with Gasteiger partial charge in [0.2, 0.25) is 5.13 Å². The number of carboxylic acids is 1. The van der Waals surface area contributed by atoms with Gasteiger partial charge in [-0.05, 0) is 13.0 Å². The number of rotatable bonds is 4. The minimum absolute atomic E-state index is 0.131. The van der Waals surface area contributed by atoms with Crippen molar-refractivity contribution in [1.82, 2.24) is 10.2 Å². The average molecular weight is 308 g/mol. The van der Waals surface area contributed by atoms with Gasteiger partial charge in [0.15, 0.2) is 0 Å². The van der Waals surface area contributed by atoms with Gasteiger partial charge in [-0.2, -0.15) is 0 Å². The molecule has 21 heavy (non-hydrogen) atoms. The molecule has 1 heterocycles. The second-order valence-corrected chi connectivity index (χ2v) is 5.02. The van der Waals surface area contributed by atoms with Crippen LogP contribution in [0.1, 0.15) is 25.7 Å². The fraction of sp³-hybridized carbons (Fsp3) is 0.0909. The molecule has 108 valence electrons. The summed E-state index contributed by atoms with van der Waals surface area (Å²) in [4.78, 5) is 33.4. The van der Waals surface area contributed by atoms with E-state index in [0.29, 0.717) is 5.01 Å². The molecule has 1 aromatic heterocycles. The van der Waals surface area contributed by atoms with Crippen LogP contribution in [-0.4, -0.2) is 32.1 Å². The number of anilines is 1. The van der Waals surface area contributed by atoms with Crippen molar-refractivity contribution in [2.45, 2.75) is 6.92 Å². The lowest BCUT2D eigenvalue weighted by Gasteiger charge is -2.06. The Morgan fingerprint density at radius 1 is 1.38 bits per heavy atom. The van der Waals surface area contributed by atoms with E-state index < -0.39 is 33.6 Å². The Morgan fingerprint density at radius 3 is 2.62 bits per heavy atom. The maximum atomic E-state index is 12.1. The van der Waals surface area contributed by atoms with Crippen LogP contribution >= 0.6 is 11.3 Å². The van der Waals surface area contributed by atoms with E-state index in [1.807, 2.05) is 0 Å². The number of nitro benzene ring substituents is 1. The quantitative estimate of drug-likeness (QED) is 0.648. The molecule has 0 bridgehead atoms. The van der Waals surface area contributed by atoms with Gasteiger partial charge < -0.3 is 5.11 Å². The average Bonchev–Trinajstić information content (AvgIpc) is 2.82. The molecular formula is C11H8N4O5S. The van der Waals surface area contributed by atoms with Gasteiger partial charge in [0.05, 0.1) is 10.5 Å². The molecule has 0 saturated heterocycles. The van der Waals surface area contributed by atoms with Crippen LogP contribution in [0.5, 0.6) is 0 Å². The van der Waals surface area contributed by atoms with E-state index in [0.717, 1.165) is 23.5 Å². The van der Waals surface area contributed by atoms with Crippen LogP contribution in [0.15, 0.2) is 18.2 Å². The molecule has 0 aliphatic carbocycles. The van der Waals surface area contributed by atoms with Gasteiger partial charge >= 0.3 is 5.97 Å². The zero-order valence-corrected chi connectivity index (χ0v) is 11.4. The Balaban J connectivity index is 2.47. The molecule has 2 N–H and O–H groups in total. The number of amides is 1. The number of benzene rings is 1. The minimum Gasteiger partial charge on any atom is -0.478 e. The van der Waals surface area contributed by atoms with Crippen LogP contribution < -0.4 is 5.32 Å². The number of hydrogen-bond acceptors (Lipinski definition) is 7. The van der Waals surface area contributed by atoms with Gasteiger partial charge in [0, 0.05) is 6.07 Å². The lowest BCUT2D eigenvalue weighted by Crippen LogP contribution is -2.18. The summed E-state index contributed by atoms with van der Waals surface area (Å²) >= 11 is 1.07. The zero-order valence-electron chi connectivity index (χ0n) is 10.6. The molecule has 10 heteroatoms. The zero-order chi connectivity index (χ0) is 15.6. The van der Waals surface area contributed by atoms with E-state index in [-0.39, 0.29) is 5.13 Å². The molecule has 0 aliphatic rings. The van der Waals surface area contributed by atoms with Crippen molar-refractivity contribution < 1.29 is 19.6 Å². The topological polar surface area (TPSA) is 135 Å². The molecule has 0 radical (unpaired) electrons. The summed E-state index contributed by atoms with van der Waals surface area (Å²) < 4.78 is 0. The largest absolute Gasteiger partial charge is 0.478 e. The van der Waals surface area contributed by atoms with Crippen molar-refractivity contribution >= 4 is 34.0 Å². The highest BCUT2D eigenvalue weighted by atomic mass is 32.1. The van der Waals surface area contributed by atoms with Crippen molar-refractivity contribution in [3.8, 4) is 0 Å². The number of hydrogen-bond donors (Lipinski definition) is 2. The molecule has 0 fully saturated rings. The summed E-state index contributed by atoms with van der Waals surface area (Å²) in [5, 5.41) is 30.4. The first-order chi connectivity index (χ1) is 9.90. The number of aromatic nitrogens is 2. The van der Waals surface area contributed by atoms with Crippen LogP contribution in [-0.2, 0) is 0 Å². The number of carbonyl (C=O) groups excluding carboxylic acids is 1. The predicted octanol–water partition coefficient (Wildman–Crippen LogP) is 1.71. The highest BCUT2D eigenvalue weighted by Crippen LogP contribution is 2.24. The third-order valence-corrected chi connectivity index (χ3v) is 3.20. The first-order valence-electron chi connectivity index (χ1n) is 5.52. The summed E-state index contributed by atoms with van der Waals surface area (Å²) in [5.74, 6) is -2.35. The number of carbonyl (C=O) groups is 2. The van der Waals surface area contributed by atoms with E-state index in [2.05, 4.69) is 15.5 Å². The molecule has 9 nitrogen and oxygen atoms in total. The Morgan fingerprint density at radius 2 is 2.10 bits per heavy atom. The van der Waals surface area contributed by atoms with Crippen molar-refractivity contribution in [3.63, 3.8) is 0 Å². The summed E-state index contributed by atoms with van der Waals surface area (Å²) in [6.07, 6.45) is 0. The van der Waals surface area contributed by atoms with E-state index in [4.69, 9.17) is 5.11 Å². The molecule has 0 unspecified atom stereocenters. The first kappa shape index (κ1) is 14.5. The van der Waals surface area contributed by atoms with Crippen molar-refractivity contribution in [2.24, 2.45) is 0 Å². The van der Waals surface area contributed by atoms with Gasteiger partial charge in [-0.25, -0.2) is 4.79 Å². The van der Waals surface area contributed by atoms with E-state index >= 15 is 0 Å². The third-order valence-electron chi connectivity index (χ3n) is 2.44. The second kappa shape index (κ2) is 5.63. The minimum atomic E-state index is -1.43. The molecule has 1 aromatic carbocycles. The Hall–Kier alpha value is -2.88. The Labute approximate surface area is 121 Å². The van der Waals surface area contributed by atoms with Gasteiger partial charge in [-0.1, -0.05) is 17.4 Å². The number of aryl methyl sites for hydroxylation is 1. The normalized spacial score (nSPS) is 10.1. The number of nitro groups is 1. The van der Waals surface area contributed by atoms with Crippen LogP contribution in [0, 0.1) is 17.0 Å². The monoisotopic (exact) mass is 308 g/mol. The number of carboxylic acid groups (broad SMARTS) is 1. The molecule has 2 aromatic rings. The van der Waals surface area contributed by atoms with Gasteiger partial charge in [0.25, 0.3) is 11.6 Å². The molecular weight excluding hydrogens is 300 g/mol. The van der Waals surface area contributed by atoms with E-state index in [1.54, 1.807) is 6.92 Å². The van der Waals surface area contributed by atoms with Crippen LogP contribution in [0.3, 0.4) is 0 Å². The maximum Gasteiger partial charge on any atom is 0.336 e. The molecule has 0 saturated carbocycles. The summed E-state index contributed by atoms with van der Waals surface area (Å²) in [6.45, 7) is 1.67. The SMILES string of the molecule is Cc1nnc(NC(=O)c2c(C(=O)O)cccc2[N+](=O)[O-])s1. The molecule has 1 amide bonds. The second-order valence-electron chi connectivity index (χ2n) is 3.84.